The van der Waals surface area contributed by atoms with Crippen molar-refractivity contribution >= 4 is 17.7 Å². The lowest BCUT2D eigenvalue weighted by atomic mass is 10.6. The van der Waals surface area contributed by atoms with Crippen LogP contribution in [-0.4, -0.2) is 31.4 Å². The molecule has 0 aromatic heterocycles. The molecule has 0 fully saturated rings. The molecule has 48 valence electrons. The van der Waals surface area contributed by atoms with Crippen LogP contribution in [0.4, 0.5) is 0 Å². The highest BCUT2D eigenvalue weighted by molar-refractivity contribution is 6.21. The predicted molar refractivity (Wildman–Crippen MR) is 32.5 cm³/mol. The Morgan fingerprint density at radius 2 is 2.25 bits per heavy atom. The lowest BCUT2D eigenvalue weighted by molar-refractivity contribution is -0.119. The van der Waals surface area contributed by atoms with Gasteiger partial charge in [-0.1, -0.05) is 0 Å². The zero-order chi connectivity index (χ0) is 6.57. The van der Waals surface area contributed by atoms with Crippen LogP contribution >= 0.6 is 11.8 Å². The third kappa shape index (κ3) is 3.89. The molecule has 0 spiro atoms. The minimum atomic E-state index is -0.184. The summed E-state index contributed by atoms with van der Waals surface area (Å²) in [4.78, 5) is 14.1. The van der Waals surface area contributed by atoms with Crippen molar-refractivity contribution in [1.82, 2.24) is 9.74 Å². The number of amides is 1. The van der Waals surface area contributed by atoms with Gasteiger partial charge in [-0.2, -0.15) is 0 Å². The van der Waals surface area contributed by atoms with Crippen molar-refractivity contribution in [3.8, 4) is 0 Å². The molecule has 1 N–H and O–H groups in total. The topological polar surface area (TPSA) is 32.3 Å². The van der Waals surface area contributed by atoms with Crippen molar-refractivity contribution < 1.29 is 4.79 Å². The van der Waals surface area contributed by atoms with Crippen LogP contribution in [0.2, 0.25) is 0 Å². The van der Waals surface area contributed by atoms with Gasteiger partial charge in [0.2, 0.25) is 5.91 Å². The van der Waals surface area contributed by atoms with Crippen molar-refractivity contribution in [2.24, 2.45) is 0 Å². The Balaban J connectivity index is 3.25. The fraction of sp³-hybridized carbons (Fsp3) is 0.750. The fourth-order valence-electron chi connectivity index (χ4n) is 0.317. The highest BCUT2D eigenvalue weighted by Gasteiger charge is 1.97. The highest BCUT2D eigenvalue weighted by atomic mass is 35.5. The summed E-state index contributed by atoms with van der Waals surface area (Å²) in [7, 11) is 3.60. The predicted octanol–water partition coefficient (Wildman–Crippen LogP) is -0.182. The quantitative estimate of drug-likeness (QED) is 0.534. The molecule has 0 aliphatic carbocycles. The summed E-state index contributed by atoms with van der Waals surface area (Å²) < 4.78 is 0. The number of carbonyl (C=O) groups is 1. The van der Waals surface area contributed by atoms with Crippen LogP contribution < -0.4 is 4.84 Å². The molecule has 0 aromatic carbocycles. The van der Waals surface area contributed by atoms with Crippen molar-refractivity contribution in [2.75, 3.05) is 20.6 Å². The van der Waals surface area contributed by atoms with Crippen molar-refractivity contribution in [3.63, 3.8) is 0 Å². The molecular weight excluding hydrogens is 128 g/mol. The number of nitrogens with zero attached hydrogens (tertiary/aromatic N) is 1. The first-order valence-electron chi connectivity index (χ1n) is 2.21. The van der Waals surface area contributed by atoms with Crippen molar-refractivity contribution in [2.45, 2.75) is 0 Å². The molecule has 0 bridgehead atoms. The van der Waals surface area contributed by atoms with Crippen molar-refractivity contribution in [1.29, 1.82) is 0 Å². The van der Waals surface area contributed by atoms with E-state index in [0.29, 0.717) is 6.54 Å². The second-order valence-corrected chi connectivity index (χ2v) is 1.94. The second-order valence-electron chi connectivity index (χ2n) is 1.76. The summed E-state index contributed by atoms with van der Waals surface area (Å²) in [5, 5.41) is 0. The normalized spacial score (nSPS) is 9.50. The van der Waals surface area contributed by atoms with Gasteiger partial charge in [0.15, 0.2) is 0 Å². The third-order valence-corrected chi connectivity index (χ3v) is 0.776. The molecule has 0 aliphatic rings. The largest absolute Gasteiger partial charge is 0.301 e. The number of likely N-dealkylation sites (N-methyl/N-ethyl adjacent to an activating group) is 1. The Morgan fingerprint density at radius 1 is 1.75 bits per heavy atom. The van der Waals surface area contributed by atoms with E-state index >= 15 is 0 Å². The Morgan fingerprint density at radius 3 is 2.38 bits per heavy atom. The van der Waals surface area contributed by atoms with Crippen LogP contribution in [0, 0.1) is 0 Å². The van der Waals surface area contributed by atoms with E-state index in [0.717, 1.165) is 0 Å². The number of nitrogens with one attached hydrogen (secondary N) is 1. The molecule has 4 heteroatoms. The maximum Gasteiger partial charge on any atom is 0.248 e. The van der Waals surface area contributed by atoms with E-state index < -0.39 is 0 Å². The molecular formula is C4H9ClN2O. The average molecular weight is 137 g/mol. The van der Waals surface area contributed by atoms with Gasteiger partial charge in [-0.25, -0.2) is 0 Å². The molecule has 8 heavy (non-hydrogen) atoms. The molecule has 0 saturated heterocycles. The van der Waals surface area contributed by atoms with Crippen molar-refractivity contribution in [3.05, 3.63) is 0 Å². The van der Waals surface area contributed by atoms with E-state index in [9.17, 15) is 4.79 Å². The van der Waals surface area contributed by atoms with Crippen LogP contribution in [0.25, 0.3) is 0 Å². The second kappa shape index (κ2) is 3.69. The number of hydrogen-bond acceptors (Lipinski definition) is 2. The minimum Gasteiger partial charge on any atom is -0.301 e. The zero-order valence-corrected chi connectivity index (χ0v) is 5.70. The van der Waals surface area contributed by atoms with Gasteiger partial charge in [-0.05, 0) is 14.1 Å². The van der Waals surface area contributed by atoms with E-state index in [1.165, 1.54) is 0 Å². The first kappa shape index (κ1) is 7.72. The SMILES string of the molecule is CN(C)CC(=O)NCl. The minimum absolute atomic E-state index is 0.184. The standard InChI is InChI=1S/C4H9ClN2O/c1-7(2)3-4(8)6-5/h3H2,1-2H3,(H,6,8). The molecule has 0 radical (unpaired) electrons. The summed E-state index contributed by atoms with van der Waals surface area (Å²) in [5.41, 5.74) is 0. The summed E-state index contributed by atoms with van der Waals surface area (Å²) in [6.45, 7) is 0.337. The Kier molecular flexibility index (Phi) is 3.56. The van der Waals surface area contributed by atoms with Gasteiger partial charge in [-0.3, -0.25) is 9.63 Å². The van der Waals surface area contributed by atoms with E-state index in [-0.39, 0.29) is 5.91 Å². The highest BCUT2D eigenvalue weighted by Crippen LogP contribution is 1.73. The van der Waals surface area contributed by atoms with E-state index in [2.05, 4.69) is 0 Å². The molecule has 0 saturated carbocycles. The molecule has 1 amide bonds. The van der Waals surface area contributed by atoms with Gasteiger partial charge in [-0.15, -0.1) is 0 Å². The first-order valence-corrected chi connectivity index (χ1v) is 2.59. The first-order chi connectivity index (χ1) is 3.66. The van der Waals surface area contributed by atoms with Crippen LogP contribution in [0.15, 0.2) is 0 Å². The molecule has 0 unspecified atom stereocenters. The monoisotopic (exact) mass is 136 g/mol. The Bertz CT molecular complexity index is 84.1. The van der Waals surface area contributed by atoms with Crippen LogP contribution in [0.5, 0.6) is 0 Å². The molecule has 0 rings (SSSR count). The van der Waals surface area contributed by atoms with E-state index in [1.54, 1.807) is 19.0 Å². The fourth-order valence-corrected chi connectivity index (χ4v) is 0.377. The summed E-state index contributed by atoms with van der Waals surface area (Å²) >= 11 is 4.97. The maximum absolute atomic E-state index is 10.3. The zero-order valence-electron chi connectivity index (χ0n) is 4.94. The van der Waals surface area contributed by atoms with Crippen LogP contribution in [0.1, 0.15) is 0 Å². The molecule has 0 aliphatic heterocycles. The Hall–Kier alpha value is -0.280. The molecule has 0 atom stereocenters. The third-order valence-electron chi connectivity index (χ3n) is 0.565. The van der Waals surface area contributed by atoms with Gasteiger partial charge < -0.3 is 4.90 Å². The molecule has 0 aromatic rings. The number of halogens is 1. The maximum atomic E-state index is 10.3. The lowest BCUT2D eigenvalue weighted by Crippen LogP contribution is -2.27. The summed E-state index contributed by atoms with van der Waals surface area (Å²) in [5.74, 6) is -0.184. The van der Waals surface area contributed by atoms with Gasteiger partial charge in [0, 0.05) is 11.8 Å². The number of carbonyl (C=O) groups excluding carboxylic acids is 1. The molecule has 3 nitrogen and oxygen atoms in total. The summed E-state index contributed by atoms with van der Waals surface area (Å²) in [6.07, 6.45) is 0. The Labute approximate surface area is 53.7 Å². The number of rotatable bonds is 2. The van der Waals surface area contributed by atoms with Crippen LogP contribution in [0.3, 0.4) is 0 Å². The molecule has 0 heterocycles. The van der Waals surface area contributed by atoms with Gasteiger partial charge >= 0.3 is 0 Å². The van der Waals surface area contributed by atoms with E-state index in [1.807, 2.05) is 4.84 Å². The lowest BCUT2D eigenvalue weighted by Gasteiger charge is -2.04. The smallest absolute Gasteiger partial charge is 0.248 e. The van der Waals surface area contributed by atoms with Crippen LogP contribution in [-0.2, 0) is 4.79 Å². The van der Waals surface area contributed by atoms with Gasteiger partial charge in [0.25, 0.3) is 0 Å². The van der Waals surface area contributed by atoms with E-state index in [4.69, 9.17) is 11.8 Å². The average Bonchev–Trinajstić information content (AvgIpc) is 1.65. The van der Waals surface area contributed by atoms with Gasteiger partial charge in [0.1, 0.15) is 0 Å². The summed E-state index contributed by atoms with van der Waals surface area (Å²) in [6, 6.07) is 0. The van der Waals surface area contributed by atoms with Gasteiger partial charge in [0.05, 0.1) is 6.54 Å². The number of hydrogen-bond donors (Lipinski definition) is 1.